The molecule has 1 nitrogen and oxygen atoms in total. The largest absolute Gasteiger partial charge is 0.316 e. The van der Waals surface area contributed by atoms with Crippen molar-refractivity contribution in [2.24, 2.45) is 17.8 Å². The molecule has 0 heterocycles. The summed E-state index contributed by atoms with van der Waals surface area (Å²) >= 11 is 0. The lowest BCUT2D eigenvalue weighted by Gasteiger charge is -2.40. The first kappa shape index (κ1) is 15.1. The highest BCUT2D eigenvalue weighted by Crippen LogP contribution is 2.44. The molecule has 3 rings (SSSR count). The van der Waals surface area contributed by atoms with Crippen molar-refractivity contribution in [3.05, 3.63) is 35.4 Å². The standard InChI is InChI=1S/C20H31N/c1-15(2)13-21-14-19-11-10-17(19)12-18-8-5-7-16-6-3-4-9-20(16)18/h3-4,6,9,15,17-19,21H,5,7-8,10-14H2,1-2H3. The Hall–Kier alpha value is -0.820. The molecule has 0 spiro atoms. The number of hydrogen-bond acceptors (Lipinski definition) is 1. The molecule has 2 aliphatic carbocycles. The number of hydrogen-bond donors (Lipinski definition) is 1. The van der Waals surface area contributed by atoms with Gasteiger partial charge >= 0.3 is 0 Å². The predicted octanol–water partition coefficient (Wildman–Crippen LogP) is 4.77. The zero-order valence-corrected chi connectivity index (χ0v) is 13.8. The fourth-order valence-corrected chi connectivity index (χ4v) is 4.24. The third kappa shape index (κ3) is 3.69. The Labute approximate surface area is 130 Å². The van der Waals surface area contributed by atoms with E-state index < -0.39 is 0 Å². The third-order valence-corrected chi connectivity index (χ3v) is 5.61. The number of benzene rings is 1. The second-order valence-electron chi connectivity index (χ2n) is 7.67. The van der Waals surface area contributed by atoms with Crippen LogP contribution < -0.4 is 5.32 Å². The average molecular weight is 285 g/mol. The minimum Gasteiger partial charge on any atom is -0.316 e. The molecule has 3 unspecified atom stereocenters. The molecule has 1 fully saturated rings. The molecular formula is C20H31N. The highest BCUT2D eigenvalue weighted by molar-refractivity contribution is 5.32. The Morgan fingerprint density at radius 1 is 1.10 bits per heavy atom. The molecule has 1 heteroatoms. The number of rotatable bonds is 6. The quantitative estimate of drug-likeness (QED) is 0.794. The normalized spacial score (nSPS) is 28.2. The van der Waals surface area contributed by atoms with Crippen LogP contribution >= 0.6 is 0 Å². The van der Waals surface area contributed by atoms with Gasteiger partial charge in [0.1, 0.15) is 0 Å². The Morgan fingerprint density at radius 2 is 1.90 bits per heavy atom. The molecule has 1 aromatic rings. The summed E-state index contributed by atoms with van der Waals surface area (Å²) in [6.07, 6.45) is 8.46. The van der Waals surface area contributed by atoms with Crippen LogP contribution in [0.3, 0.4) is 0 Å². The molecule has 2 aliphatic rings. The maximum atomic E-state index is 3.67. The minimum atomic E-state index is 0.772. The lowest BCUT2D eigenvalue weighted by molar-refractivity contribution is 0.146. The van der Waals surface area contributed by atoms with E-state index >= 15 is 0 Å². The van der Waals surface area contributed by atoms with E-state index in [0.29, 0.717) is 0 Å². The summed E-state index contributed by atoms with van der Waals surface area (Å²) in [6, 6.07) is 9.19. The monoisotopic (exact) mass is 285 g/mol. The molecule has 0 bridgehead atoms. The van der Waals surface area contributed by atoms with Crippen molar-refractivity contribution in [2.75, 3.05) is 13.1 Å². The number of nitrogens with one attached hydrogen (secondary N) is 1. The van der Waals surface area contributed by atoms with Gasteiger partial charge in [0.2, 0.25) is 0 Å². The zero-order valence-electron chi connectivity index (χ0n) is 13.8. The summed E-state index contributed by atoms with van der Waals surface area (Å²) in [5, 5.41) is 3.67. The summed E-state index contributed by atoms with van der Waals surface area (Å²) in [7, 11) is 0. The summed E-state index contributed by atoms with van der Waals surface area (Å²) in [5.41, 5.74) is 3.30. The van der Waals surface area contributed by atoms with Gasteiger partial charge in [-0.2, -0.15) is 0 Å². The summed E-state index contributed by atoms with van der Waals surface area (Å²) in [6.45, 7) is 7.02. The van der Waals surface area contributed by atoms with Gasteiger partial charge in [0.15, 0.2) is 0 Å². The van der Waals surface area contributed by atoms with Crippen LogP contribution in [0.1, 0.15) is 63.0 Å². The van der Waals surface area contributed by atoms with Gasteiger partial charge in [-0.3, -0.25) is 0 Å². The van der Waals surface area contributed by atoms with Crippen LogP contribution in [0.2, 0.25) is 0 Å². The van der Waals surface area contributed by atoms with E-state index in [1.165, 1.54) is 51.6 Å². The van der Waals surface area contributed by atoms with E-state index in [2.05, 4.69) is 43.4 Å². The molecule has 3 atom stereocenters. The van der Waals surface area contributed by atoms with Gasteiger partial charge in [0.05, 0.1) is 0 Å². The van der Waals surface area contributed by atoms with Crippen molar-refractivity contribution in [3.63, 3.8) is 0 Å². The Morgan fingerprint density at radius 3 is 2.67 bits per heavy atom. The van der Waals surface area contributed by atoms with Crippen LogP contribution in [0.25, 0.3) is 0 Å². The van der Waals surface area contributed by atoms with Crippen molar-refractivity contribution in [1.82, 2.24) is 5.32 Å². The van der Waals surface area contributed by atoms with Gasteiger partial charge in [0.25, 0.3) is 0 Å². The molecule has 0 radical (unpaired) electrons. The molecule has 116 valence electrons. The molecule has 1 saturated carbocycles. The molecule has 21 heavy (non-hydrogen) atoms. The van der Waals surface area contributed by atoms with Gasteiger partial charge in [0, 0.05) is 0 Å². The van der Waals surface area contributed by atoms with Gasteiger partial charge in [-0.15, -0.1) is 0 Å². The van der Waals surface area contributed by atoms with Crippen LogP contribution in [0.15, 0.2) is 24.3 Å². The maximum Gasteiger partial charge on any atom is -0.00178 e. The lowest BCUT2D eigenvalue weighted by Crippen LogP contribution is -2.37. The van der Waals surface area contributed by atoms with E-state index in [0.717, 1.165) is 23.7 Å². The molecule has 0 amide bonds. The Bertz CT molecular complexity index is 451. The number of fused-ring (bicyclic) bond motifs is 1. The van der Waals surface area contributed by atoms with Gasteiger partial charge in [-0.25, -0.2) is 0 Å². The van der Waals surface area contributed by atoms with Crippen molar-refractivity contribution in [2.45, 2.75) is 58.3 Å². The molecule has 0 saturated heterocycles. The molecule has 1 N–H and O–H groups in total. The van der Waals surface area contributed by atoms with Crippen molar-refractivity contribution in [1.29, 1.82) is 0 Å². The first-order valence-corrected chi connectivity index (χ1v) is 9.02. The first-order chi connectivity index (χ1) is 10.2. The van der Waals surface area contributed by atoms with Crippen LogP contribution in [0.4, 0.5) is 0 Å². The van der Waals surface area contributed by atoms with E-state index in [4.69, 9.17) is 0 Å². The SMILES string of the molecule is CC(C)CNCC1CCC1CC1CCCc2ccccc21. The zero-order chi connectivity index (χ0) is 14.7. The average Bonchev–Trinajstić information content (AvgIpc) is 2.48. The van der Waals surface area contributed by atoms with E-state index in [1.54, 1.807) is 11.1 Å². The lowest BCUT2D eigenvalue weighted by atomic mass is 9.67. The van der Waals surface area contributed by atoms with Crippen molar-refractivity contribution >= 4 is 0 Å². The predicted molar refractivity (Wildman–Crippen MR) is 90.7 cm³/mol. The second kappa shape index (κ2) is 6.96. The van der Waals surface area contributed by atoms with Crippen molar-refractivity contribution < 1.29 is 0 Å². The van der Waals surface area contributed by atoms with Crippen LogP contribution in [-0.2, 0) is 6.42 Å². The smallest absolute Gasteiger partial charge is 0.00178 e. The van der Waals surface area contributed by atoms with Crippen molar-refractivity contribution in [3.8, 4) is 0 Å². The minimum absolute atomic E-state index is 0.772. The van der Waals surface area contributed by atoms with E-state index in [1.807, 2.05) is 0 Å². The fraction of sp³-hybridized carbons (Fsp3) is 0.700. The Kier molecular flexibility index (Phi) is 5.00. The summed E-state index contributed by atoms with van der Waals surface area (Å²) < 4.78 is 0. The van der Waals surface area contributed by atoms with Crippen LogP contribution in [0, 0.1) is 17.8 Å². The van der Waals surface area contributed by atoms with E-state index in [-0.39, 0.29) is 0 Å². The molecule has 1 aromatic carbocycles. The number of aryl methyl sites for hydroxylation is 1. The topological polar surface area (TPSA) is 12.0 Å². The fourth-order valence-electron chi connectivity index (χ4n) is 4.24. The van der Waals surface area contributed by atoms with Crippen LogP contribution in [0.5, 0.6) is 0 Å². The first-order valence-electron chi connectivity index (χ1n) is 9.02. The van der Waals surface area contributed by atoms with E-state index in [9.17, 15) is 0 Å². The van der Waals surface area contributed by atoms with Crippen LogP contribution in [-0.4, -0.2) is 13.1 Å². The summed E-state index contributed by atoms with van der Waals surface area (Å²) in [4.78, 5) is 0. The summed E-state index contributed by atoms with van der Waals surface area (Å²) in [5.74, 6) is 3.53. The van der Waals surface area contributed by atoms with Gasteiger partial charge < -0.3 is 5.32 Å². The maximum absolute atomic E-state index is 3.67. The van der Waals surface area contributed by atoms with Gasteiger partial charge in [-0.05, 0) is 86.4 Å². The second-order valence-corrected chi connectivity index (χ2v) is 7.67. The highest BCUT2D eigenvalue weighted by atomic mass is 14.9. The Balaban J connectivity index is 1.53. The third-order valence-electron chi connectivity index (χ3n) is 5.61. The molecule has 0 aromatic heterocycles. The molecular weight excluding hydrogens is 254 g/mol. The molecule has 0 aliphatic heterocycles. The highest BCUT2D eigenvalue weighted by Gasteiger charge is 2.33. The van der Waals surface area contributed by atoms with Gasteiger partial charge in [-0.1, -0.05) is 38.1 Å².